The van der Waals surface area contributed by atoms with Crippen molar-refractivity contribution in [2.45, 2.75) is 11.5 Å². The summed E-state index contributed by atoms with van der Waals surface area (Å²) in [7, 11) is -0.822. The minimum atomic E-state index is -0.822. The zero-order valence-corrected chi connectivity index (χ0v) is 15.7. The first-order valence-electron chi connectivity index (χ1n) is 8.03. The average molecular weight is 386 g/mol. The largest absolute Gasteiger partial charge is 0.366 e. The number of benzene rings is 3. The van der Waals surface area contributed by atoms with E-state index >= 15 is 0 Å². The first-order chi connectivity index (χ1) is 12.6. The number of amides is 1. The zero-order chi connectivity index (χ0) is 18.8. The van der Waals surface area contributed by atoms with Gasteiger partial charge in [0.25, 0.3) is 0 Å². The summed E-state index contributed by atoms with van der Waals surface area (Å²) in [6.45, 7) is 0. The van der Waals surface area contributed by atoms with Gasteiger partial charge in [-0.3, -0.25) is 9.00 Å². The van der Waals surface area contributed by atoms with Crippen molar-refractivity contribution in [3.8, 4) is 0 Å². The lowest BCUT2D eigenvalue weighted by atomic mass is 10.2. The number of carbonyl (C=O) groups is 1. The molecule has 0 atom stereocenters. The van der Waals surface area contributed by atoms with E-state index in [1.165, 1.54) is 0 Å². The van der Waals surface area contributed by atoms with Crippen molar-refractivity contribution in [2.75, 3.05) is 0 Å². The Morgan fingerprint density at radius 3 is 1.58 bits per heavy atom. The van der Waals surface area contributed by atoms with Crippen molar-refractivity contribution >= 4 is 28.3 Å². The first-order valence-corrected chi connectivity index (χ1v) is 9.90. The number of primary amides is 1. The van der Waals surface area contributed by atoms with Gasteiger partial charge in [-0.25, -0.2) is 0 Å². The van der Waals surface area contributed by atoms with Gasteiger partial charge in [0, 0.05) is 22.3 Å². The van der Waals surface area contributed by atoms with Crippen molar-refractivity contribution in [2.24, 2.45) is 5.73 Å². The predicted octanol–water partition coefficient (Wildman–Crippen LogP) is 4.57. The van der Waals surface area contributed by atoms with Crippen molar-refractivity contribution in [3.63, 3.8) is 0 Å². The third-order valence-electron chi connectivity index (χ3n) is 3.48. The highest BCUT2D eigenvalue weighted by molar-refractivity contribution is 7.83. The highest BCUT2D eigenvalue weighted by Gasteiger charge is 2.03. The second kappa shape index (κ2) is 10.5. The smallest absolute Gasteiger partial charge is 0.250 e. The van der Waals surface area contributed by atoms with Gasteiger partial charge in [0.15, 0.2) is 0 Å². The van der Waals surface area contributed by atoms with Crippen LogP contribution in [0.15, 0.2) is 84.9 Å². The number of carbonyl (C=O) groups excluding carboxylic acids is 1. The molecule has 0 bridgehead atoms. The van der Waals surface area contributed by atoms with Crippen LogP contribution >= 0.6 is 11.6 Å². The van der Waals surface area contributed by atoms with E-state index in [1.54, 1.807) is 24.3 Å². The maximum Gasteiger partial charge on any atom is 0.250 e. The Balaban J connectivity index is 0.000000209. The molecule has 26 heavy (non-hydrogen) atoms. The molecule has 0 aliphatic rings. The Morgan fingerprint density at radius 2 is 1.19 bits per heavy atom. The van der Waals surface area contributed by atoms with Crippen LogP contribution < -0.4 is 5.73 Å². The first kappa shape index (κ1) is 19.9. The third kappa shape index (κ3) is 6.82. The molecule has 0 radical (unpaired) electrons. The molecular formula is C21H20ClNO2S. The quantitative estimate of drug-likeness (QED) is 0.699. The standard InChI is InChI=1S/C14H14OS.C7H6ClNO/c15-16(11-13-7-3-1-4-8-13)12-14-9-5-2-6-10-14;8-6-4-2-1-3-5(6)7(9)10/h1-10H,11-12H2;1-4H,(H2,9,10). The molecular weight excluding hydrogens is 366 g/mol. The molecule has 1 amide bonds. The van der Waals surface area contributed by atoms with E-state index in [-0.39, 0.29) is 0 Å². The molecule has 3 nitrogen and oxygen atoms in total. The molecule has 3 rings (SSSR count). The van der Waals surface area contributed by atoms with E-state index in [9.17, 15) is 9.00 Å². The van der Waals surface area contributed by atoms with Crippen LogP contribution in [0.1, 0.15) is 21.5 Å². The molecule has 0 fully saturated rings. The summed E-state index contributed by atoms with van der Waals surface area (Å²) in [5.74, 6) is 0.774. The second-order valence-corrected chi connectivity index (χ2v) is 7.41. The second-order valence-electron chi connectivity index (χ2n) is 5.54. The summed E-state index contributed by atoms with van der Waals surface area (Å²) >= 11 is 5.62. The van der Waals surface area contributed by atoms with E-state index in [4.69, 9.17) is 17.3 Å². The predicted molar refractivity (Wildman–Crippen MR) is 108 cm³/mol. The van der Waals surface area contributed by atoms with Crippen LogP contribution in [-0.2, 0) is 22.3 Å². The molecule has 0 aliphatic carbocycles. The van der Waals surface area contributed by atoms with Crippen LogP contribution in [0, 0.1) is 0 Å². The van der Waals surface area contributed by atoms with E-state index in [0.717, 1.165) is 11.1 Å². The van der Waals surface area contributed by atoms with Crippen molar-refractivity contribution in [3.05, 3.63) is 107 Å². The van der Waals surface area contributed by atoms with E-state index < -0.39 is 16.7 Å². The molecule has 3 aromatic rings. The highest BCUT2D eigenvalue weighted by atomic mass is 35.5. The minimum Gasteiger partial charge on any atom is -0.366 e. The summed E-state index contributed by atoms with van der Waals surface area (Å²) < 4.78 is 11.9. The van der Waals surface area contributed by atoms with Crippen molar-refractivity contribution in [1.82, 2.24) is 0 Å². The van der Waals surface area contributed by atoms with Gasteiger partial charge in [0.05, 0.1) is 10.6 Å². The van der Waals surface area contributed by atoms with Gasteiger partial charge >= 0.3 is 0 Å². The Labute approximate surface area is 161 Å². The molecule has 0 unspecified atom stereocenters. The highest BCUT2D eigenvalue weighted by Crippen LogP contribution is 2.13. The van der Waals surface area contributed by atoms with E-state index in [1.807, 2.05) is 60.7 Å². The van der Waals surface area contributed by atoms with Gasteiger partial charge in [0.2, 0.25) is 5.91 Å². The Hall–Kier alpha value is -2.43. The van der Waals surface area contributed by atoms with Crippen LogP contribution in [-0.4, -0.2) is 10.1 Å². The lowest BCUT2D eigenvalue weighted by Crippen LogP contribution is -2.10. The third-order valence-corrected chi connectivity index (χ3v) is 5.12. The fourth-order valence-corrected chi connectivity index (χ4v) is 3.69. The van der Waals surface area contributed by atoms with Crippen molar-refractivity contribution < 1.29 is 9.00 Å². The molecule has 0 aliphatic heterocycles. The maximum atomic E-state index is 11.9. The number of nitrogens with two attached hydrogens (primary N) is 1. The number of hydrogen-bond acceptors (Lipinski definition) is 2. The Bertz CT molecular complexity index is 811. The Kier molecular flexibility index (Phi) is 8.06. The van der Waals surface area contributed by atoms with Gasteiger partial charge in [-0.2, -0.15) is 0 Å². The average Bonchev–Trinajstić information content (AvgIpc) is 2.64. The fourth-order valence-electron chi connectivity index (χ4n) is 2.23. The fraction of sp³-hybridized carbons (Fsp3) is 0.0952. The van der Waals surface area contributed by atoms with Gasteiger partial charge in [-0.1, -0.05) is 84.4 Å². The summed E-state index contributed by atoms with van der Waals surface area (Å²) in [4.78, 5) is 10.6. The zero-order valence-electron chi connectivity index (χ0n) is 14.2. The topological polar surface area (TPSA) is 60.2 Å². The SMILES string of the molecule is NC(=O)c1ccccc1Cl.O=S(Cc1ccccc1)Cc1ccccc1. The van der Waals surface area contributed by atoms with Gasteiger partial charge in [0.1, 0.15) is 0 Å². The maximum absolute atomic E-state index is 11.9. The summed E-state index contributed by atoms with van der Waals surface area (Å²) in [6.07, 6.45) is 0. The molecule has 0 saturated carbocycles. The van der Waals surface area contributed by atoms with E-state index in [0.29, 0.717) is 22.1 Å². The summed E-state index contributed by atoms with van der Waals surface area (Å²) in [6, 6.07) is 26.6. The molecule has 5 heteroatoms. The molecule has 3 aromatic carbocycles. The summed E-state index contributed by atoms with van der Waals surface area (Å²) in [5.41, 5.74) is 7.63. The van der Waals surface area contributed by atoms with Crippen LogP contribution in [0.4, 0.5) is 0 Å². The summed E-state index contributed by atoms with van der Waals surface area (Å²) in [5, 5.41) is 0.398. The lowest BCUT2D eigenvalue weighted by molar-refractivity contribution is 0.100. The van der Waals surface area contributed by atoms with Crippen LogP contribution in [0.2, 0.25) is 5.02 Å². The molecule has 2 N–H and O–H groups in total. The molecule has 0 spiro atoms. The van der Waals surface area contributed by atoms with Gasteiger partial charge in [-0.05, 0) is 23.3 Å². The number of halogens is 1. The van der Waals surface area contributed by atoms with Crippen molar-refractivity contribution in [1.29, 1.82) is 0 Å². The number of hydrogen-bond donors (Lipinski definition) is 1. The van der Waals surface area contributed by atoms with Crippen LogP contribution in [0.25, 0.3) is 0 Å². The monoisotopic (exact) mass is 385 g/mol. The van der Waals surface area contributed by atoms with Crippen LogP contribution in [0.3, 0.4) is 0 Å². The molecule has 0 aromatic heterocycles. The lowest BCUT2D eigenvalue weighted by Gasteiger charge is -2.02. The normalized spacial score (nSPS) is 10.1. The molecule has 134 valence electrons. The van der Waals surface area contributed by atoms with E-state index in [2.05, 4.69) is 0 Å². The molecule has 0 heterocycles. The Morgan fingerprint density at radius 1 is 0.769 bits per heavy atom. The molecule has 0 saturated heterocycles. The van der Waals surface area contributed by atoms with Gasteiger partial charge < -0.3 is 5.73 Å². The number of rotatable bonds is 5. The van der Waals surface area contributed by atoms with Crippen LogP contribution in [0.5, 0.6) is 0 Å². The minimum absolute atomic E-state index is 0.365. The van der Waals surface area contributed by atoms with Gasteiger partial charge in [-0.15, -0.1) is 0 Å².